The highest BCUT2D eigenvalue weighted by atomic mass is 16.2. The maximum atomic E-state index is 12.6. The number of carbonyl (C=O) groups is 1. The fourth-order valence-corrected chi connectivity index (χ4v) is 3.53. The molecule has 2 rings (SSSR count). The number of likely N-dealkylation sites (tertiary alicyclic amines) is 1. The van der Waals surface area contributed by atoms with Gasteiger partial charge in [-0.2, -0.15) is 0 Å². The maximum Gasteiger partial charge on any atom is 0.239 e. The number of unbranched alkanes of at least 4 members (excludes halogenated alkanes) is 2. The van der Waals surface area contributed by atoms with Crippen LogP contribution < -0.4 is 0 Å². The van der Waals surface area contributed by atoms with E-state index >= 15 is 0 Å². The third-order valence-electron chi connectivity index (χ3n) is 5.11. The summed E-state index contributed by atoms with van der Waals surface area (Å²) in [6.45, 7) is 9.55. The normalized spacial score (nSPS) is 22.7. The van der Waals surface area contributed by atoms with Gasteiger partial charge in [0.25, 0.3) is 0 Å². The molecule has 5 nitrogen and oxygen atoms in total. The summed E-state index contributed by atoms with van der Waals surface area (Å²) in [5, 5.41) is 8.80. The topological polar surface area (TPSA) is 47.0 Å². The van der Waals surface area contributed by atoms with Gasteiger partial charge in [0.05, 0.1) is 6.04 Å². The minimum atomic E-state index is 0.0367. The lowest BCUT2D eigenvalue weighted by atomic mass is 10.1. The third kappa shape index (κ3) is 5.21. The molecule has 0 aromatic carbocycles. The van der Waals surface area contributed by atoms with Gasteiger partial charge in [-0.25, -0.2) is 0 Å². The summed E-state index contributed by atoms with van der Waals surface area (Å²) < 4.78 is 0. The van der Waals surface area contributed by atoms with Gasteiger partial charge in [-0.15, -0.1) is 0 Å². The lowest BCUT2D eigenvalue weighted by Gasteiger charge is -2.39. The molecule has 2 aliphatic rings. The van der Waals surface area contributed by atoms with Gasteiger partial charge in [0, 0.05) is 45.9 Å². The summed E-state index contributed by atoms with van der Waals surface area (Å²) >= 11 is 0. The molecule has 1 N–H and O–H groups in total. The van der Waals surface area contributed by atoms with E-state index in [0.29, 0.717) is 12.5 Å². The Morgan fingerprint density at radius 2 is 1.64 bits per heavy atom. The van der Waals surface area contributed by atoms with Gasteiger partial charge in [0.15, 0.2) is 0 Å². The Labute approximate surface area is 135 Å². The lowest BCUT2D eigenvalue weighted by Crippen LogP contribution is -2.55. The van der Waals surface area contributed by atoms with Gasteiger partial charge in [-0.3, -0.25) is 9.69 Å². The van der Waals surface area contributed by atoms with Crippen molar-refractivity contribution in [3.63, 3.8) is 0 Å². The van der Waals surface area contributed by atoms with Crippen LogP contribution in [0, 0.1) is 0 Å². The van der Waals surface area contributed by atoms with E-state index < -0.39 is 0 Å². The predicted octanol–water partition coefficient (Wildman–Crippen LogP) is 1.17. The molecule has 0 radical (unpaired) electrons. The smallest absolute Gasteiger partial charge is 0.239 e. The Balaban J connectivity index is 1.67. The zero-order valence-corrected chi connectivity index (χ0v) is 14.2. The summed E-state index contributed by atoms with van der Waals surface area (Å²) in [6.07, 6.45) is 6.80. The zero-order valence-electron chi connectivity index (χ0n) is 14.2. The molecular weight excluding hydrogens is 278 g/mol. The van der Waals surface area contributed by atoms with Crippen LogP contribution in [0.4, 0.5) is 0 Å². The van der Waals surface area contributed by atoms with Gasteiger partial charge in [-0.1, -0.05) is 0 Å². The van der Waals surface area contributed by atoms with E-state index in [9.17, 15) is 4.79 Å². The monoisotopic (exact) mass is 311 g/mol. The van der Waals surface area contributed by atoms with Gasteiger partial charge >= 0.3 is 0 Å². The highest BCUT2D eigenvalue weighted by molar-refractivity contribution is 5.81. The number of nitrogens with zero attached hydrogens (tertiary/aromatic N) is 3. The highest BCUT2D eigenvalue weighted by Gasteiger charge is 2.29. The third-order valence-corrected chi connectivity index (χ3v) is 5.11. The molecule has 128 valence electrons. The number of hydrogen-bond donors (Lipinski definition) is 1. The average molecular weight is 311 g/mol. The quantitative estimate of drug-likeness (QED) is 0.717. The van der Waals surface area contributed by atoms with E-state index in [0.717, 1.165) is 58.7 Å². The first kappa shape index (κ1) is 17.7. The van der Waals surface area contributed by atoms with Crippen molar-refractivity contribution in [3.05, 3.63) is 0 Å². The standard InChI is InChI=1S/C17H33N3O2/c1-16(17(22)20-9-5-2-6-10-20)19-13-11-18(12-14-19)8-4-3-7-15-21/h16,21H,2-15H2,1H3. The van der Waals surface area contributed by atoms with Gasteiger partial charge in [-0.05, 0) is 52.0 Å². The second-order valence-electron chi connectivity index (χ2n) is 6.72. The molecule has 22 heavy (non-hydrogen) atoms. The Morgan fingerprint density at radius 3 is 2.27 bits per heavy atom. The molecule has 2 heterocycles. The Bertz CT molecular complexity index is 324. The van der Waals surface area contributed by atoms with Crippen LogP contribution in [0.5, 0.6) is 0 Å². The fourth-order valence-electron chi connectivity index (χ4n) is 3.53. The van der Waals surface area contributed by atoms with Crippen LogP contribution in [0.3, 0.4) is 0 Å². The van der Waals surface area contributed by atoms with Crippen LogP contribution in [-0.2, 0) is 4.79 Å². The first-order valence-corrected chi connectivity index (χ1v) is 9.08. The first-order valence-electron chi connectivity index (χ1n) is 9.08. The van der Waals surface area contributed by atoms with Crippen molar-refractivity contribution in [1.29, 1.82) is 0 Å². The van der Waals surface area contributed by atoms with Gasteiger partial charge in [0.2, 0.25) is 5.91 Å². The molecule has 2 saturated heterocycles. The Morgan fingerprint density at radius 1 is 0.955 bits per heavy atom. The van der Waals surface area contributed by atoms with Crippen LogP contribution in [0.15, 0.2) is 0 Å². The first-order chi connectivity index (χ1) is 10.7. The van der Waals surface area contributed by atoms with Crippen LogP contribution in [-0.4, -0.2) is 84.2 Å². The highest BCUT2D eigenvalue weighted by Crippen LogP contribution is 2.14. The number of hydrogen-bond acceptors (Lipinski definition) is 4. The van der Waals surface area contributed by atoms with Gasteiger partial charge in [0.1, 0.15) is 0 Å². The second kappa shape index (κ2) is 9.48. The molecule has 5 heteroatoms. The number of rotatable bonds is 7. The Hall–Kier alpha value is -0.650. The minimum Gasteiger partial charge on any atom is -0.396 e. The van der Waals surface area contributed by atoms with Crippen molar-refractivity contribution >= 4 is 5.91 Å². The summed E-state index contributed by atoms with van der Waals surface area (Å²) in [5.74, 6) is 0.330. The van der Waals surface area contributed by atoms with Crippen LogP contribution >= 0.6 is 0 Å². The molecule has 0 saturated carbocycles. The van der Waals surface area contributed by atoms with E-state index in [2.05, 4.69) is 21.6 Å². The van der Waals surface area contributed by atoms with E-state index in [4.69, 9.17) is 5.11 Å². The molecular formula is C17H33N3O2. The molecule has 0 aromatic heterocycles. The number of aliphatic hydroxyl groups is 1. The van der Waals surface area contributed by atoms with Crippen molar-refractivity contribution in [2.45, 2.75) is 51.5 Å². The number of aliphatic hydroxyl groups excluding tert-OH is 1. The molecule has 2 fully saturated rings. The summed E-state index contributed by atoms with van der Waals surface area (Å²) in [5.41, 5.74) is 0. The minimum absolute atomic E-state index is 0.0367. The zero-order chi connectivity index (χ0) is 15.8. The van der Waals surface area contributed by atoms with Crippen molar-refractivity contribution in [2.24, 2.45) is 0 Å². The van der Waals surface area contributed by atoms with E-state index in [1.807, 2.05) is 0 Å². The van der Waals surface area contributed by atoms with E-state index in [-0.39, 0.29) is 6.04 Å². The molecule has 0 aromatic rings. The number of amides is 1. The fraction of sp³-hybridized carbons (Fsp3) is 0.941. The molecule has 1 unspecified atom stereocenters. The number of piperazine rings is 1. The average Bonchev–Trinajstić information content (AvgIpc) is 2.59. The maximum absolute atomic E-state index is 12.6. The van der Waals surface area contributed by atoms with E-state index in [1.165, 1.54) is 25.7 Å². The second-order valence-corrected chi connectivity index (χ2v) is 6.72. The molecule has 1 atom stereocenters. The Kier molecular flexibility index (Phi) is 7.63. The predicted molar refractivity (Wildman–Crippen MR) is 88.8 cm³/mol. The summed E-state index contributed by atoms with van der Waals surface area (Å²) in [6, 6.07) is 0.0367. The van der Waals surface area contributed by atoms with Crippen LogP contribution in [0.25, 0.3) is 0 Å². The molecule has 0 spiro atoms. The molecule has 0 aliphatic carbocycles. The lowest BCUT2D eigenvalue weighted by molar-refractivity contribution is -0.138. The SMILES string of the molecule is CC(C(=O)N1CCCCC1)N1CCN(CCCCCO)CC1. The molecule has 1 amide bonds. The molecule has 2 aliphatic heterocycles. The largest absolute Gasteiger partial charge is 0.396 e. The van der Waals surface area contributed by atoms with Crippen molar-refractivity contribution in [2.75, 3.05) is 52.4 Å². The summed E-state index contributed by atoms with van der Waals surface area (Å²) in [7, 11) is 0. The van der Waals surface area contributed by atoms with Crippen molar-refractivity contribution in [1.82, 2.24) is 14.7 Å². The van der Waals surface area contributed by atoms with Crippen LogP contribution in [0.2, 0.25) is 0 Å². The van der Waals surface area contributed by atoms with Crippen LogP contribution in [0.1, 0.15) is 45.4 Å². The van der Waals surface area contributed by atoms with E-state index in [1.54, 1.807) is 0 Å². The molecule has 0 bridgehead atoms. The van der Waals surface area contributed by atoms with Gasteiger partial charge < -0.3 is 14.9 Å². The van der Waals surface area contributed by atoms with Crippen molar-refractivity contribution < 1.29 is 9.90 Å². The number of piperidine rings is 1. The van der Waals surface area contributed by atoms with Crippen molar-refractivity contribution in [3.8, 4) is 0 Å². The summed E-state index contributed by atoms with van der Waals surface area (Å²) in [4.78, 5) is 19.5. The number of carbonyl (C=O) groups excluding carboxylic acids is 1.